The Kier molecular flexibility index (Phi) is 5.14. The van der Waals surface area contributed by atoms with Gasteiger partial charge in [0.15, 0.2) is 0 Å². The Hall–Kier alpha value is -1.86. The molecule has 1 aromatic heterocycles. The lowest BCUT2D eigenvalue weighted by molar-refractivity contribution is -0.140. The van der Waals surface area contributed by atoms with E-state index in [1.807, 2.05) is 0 Å². The van der Waals surface area contributed by atoms with Gasteiger partial charge in [0.05, 0.1) is 6.26 Å². The molecule has 2 rings (SSSR count). The molecule has 20 heavy (non-hydrogen) atoms. The minimum Gasteiger partial charge on any atom is -0.467 e. The number of carbonyl (C=O) groups excluding carboxylic acids is 2. The van der Waals surface area contributed by atoms with Crippen molar-refractivity contribution in [1.82, 2.24) is 10.3 Å². The monoisotopic (exact) mass is 281 g/mol. The predicted octanol–water partition coefficient (Wildman–Crippen LogP) is 0.0247. The van der Waals surface area contributed by atoms with Crippen LogP contribution in [-0.4, -0.2) is 36.4 Å². The molecule has 0 aliphatic carbocycles. The van der Waals surface area contributed by atoms with E-state index in [2.05, 4.69) is 5.43 Å². The molecule has 0 unspecified atom stereocenters. The van der Waals surface area contributed by atoms with Crippen molar-refractivity contribution < 1.29 is 18.7 Å². The second kappa shape index (κ2) is 7.06. The zero-order valence-corrected chi connectivity index (χ0v) is 11.2. The molecule has 110 valence electrons. The van der Waals surface area contributed by atoms with Gasteiger partial charge in [-0.15, -0.1) is 0 Å². The molecule has 1 fully saturated rings. The van der Waals surface area contributed by atoms with Crippen molar-refractivity contribution in [3.63, 3.8) is 0 Å². The van der Waals surface area contributed by atoms with Gasteiger partial charge < -0.3 is 14.1 Å². The maximum atomic E-state index is 11.9. The lowest BCUT2D eigenvalue weighted by Gasteiger charge is -2.30. The zero-order chi connectivity index (χ0) is 14.4. The van der Waals surface area contributed by atoms with Crippen molar-refractivity contribution in [2.45, 2.75) is 19.4 Å². The number of hydrogen-bond acceptors (Lipinski definition) is 5. The summed E-state index contributed by atoms with van der Waals surface area (Å²) >= 11 is 0. The Balaban J connectivity index is 1.68. The third kappa shape index (κ3) is 3.82. The van der Waals surface area contributed by atoms with E-state index in [4.69, 9.17) is 15.0 Å². The number of carbonyl (C=O) groups is 2. The van der Waals surface area contributed by atoms with Crippen LogP contribution in [0.3, 0.4) is 0 Å². The van der Waals surface area contributed by atoms with Crippen LogP contribution in [0.4, 0.5) is 0 Å². The van der Waals surface area contributed by atoms with Crippen molar-refractivity contribution in [3.05, 3.63) is 24.2 Å². The topological polar surface area (TPSA) is 97.8 Å². The third-order valence-electron chi connectivity index (χ3n) is 3.41. The van der Waals surface area contributed by atoms with E-state index >= 15 is 0 Å². The molecule has 0 radical (unpaired) electrons. The Morgan fingerprint density at radius 3 is 2.80 bits per heavy atom. The largest absolute Gasteiger partial charge is 0.467 e. The molecule has 1 saturated heterocycles. The number of furan rings is 1. The standard InChI is InChI=1S/C13H19N3O4/c14-15-13(18)10-3-5-16(6-4-10)12(17)9-19-8-11-2-1-7-20-11/h1-2,7,10H,3-6,8-9,14H2,(H,15,18). The normalized spacial score (nSPS) is 16.1. The van der Waals surface area contributed by atoms with Gasteiger partial charge in [0.2, 0.25) is 11.8 Å². The summed E-state index contributed by atoms with van der Waals surface area (Å²) in [5.74, 6) is 5.46. The van der Waals surface area contributed by atoms with Crippen molar-refractivity contribution in [3.8, 4) is 0 Å². The number of piperidine rings is 1. The van der Waals surface area contributed by atoms with Crippen LogP contribution in [0.25, 0.3) is 0 Å². The molecule has 0 atom stereocenters. The highest BCUT2D eigenvalue weighted by Crippen LogP contribution is 2.17. The fourth-order valence-corrected chi connectivity index (χ4v) is 2.23. The van der Waals surface area contributed by atoms with E-state index in [1.54, 1.807) is 23.3 Å². The number of ether oxygens (including phenoxy) is 1. The van der Waals surface area contributed by atoms with Crippen molar-refractivity contribution >= 4 is 11.8 Å². The second-order valence-electron chi connectivity index (χ2n) is 4.74. The van der Waals surface area contributed by atoms with Gasteiger partial charge in [0.1, 0.15) is 19.0 Å². The van der Waals surface area contributed by atoms with Gasteiger partial charge >= 0.3 is 0 Å². The van der Waals surface area contributed by atoms with Crippen LogP contribution in [0.1, 0.15) is 18.6 Å². The summed E-state index contributed by atoms with van der Waals surface area (Å²) < 4.78 is 10.4. The van der Waals surface area contributed by atoms with Crippen molar-refractivity contribution in [2.75, 3.05) is 19.7 Å². The van der Waals surface area contributed by atoms with Crippen molar-refractivity contribution in [1.29, 1.82) is 0 Å². The van der Waals surface area contributed by atoms with Gasteiger partial charge in [0.25, 0.3) is 0 Å². The molecule has 2 heterocycles. The molecule has 7 heteroatoms. The number of amides is 2. The third-order valence-corrected chi connectivity index (χ3v) is 3.41. The number of likely N-dealkylation sites (tertiary alicyclic amines) is 1. The molecule has 1 aliphatic heterocycles. The van der Waals surface area contributed by atoms with Crippen LogP contribution < -0.4 is 11.3 Å². The average Bonchev–Trinajstić information content (AvgIpc) is 2.99. The van der Waals surface area contributed by atoms with Gasteiger partial charge in [-0.2, -0.15) is 0 Å². The maximum absolute atomic E-state index is 11.9. The first kappa shape index (κ1) is 14.5. The van der Waals surface area contributed by atoms with E-state index in [0.717, 1.165) is 0 Å². The van der Waals surface area contributed by atoms with E-state index in [-0.39, 0.29) is 30.9 Å². The van der Waals surface area contributed by atoms with Crippen LogP contribution in [0.5, 0.6) is 0 Å². The van der Waals surface area contributed by atoms with Gasteiger partial charge in [-0.25, -0.2) is 5.84 Å². The van der Waals surface area contributed by atoms with E-state index in [9.17, 15) is 9.59 Å². The second-order valence-corrected chi connectivity index (χ2v) is 4.74. The highest BCUT2D eigenvalue weighted by atomic mass is 16.5. The molecule has 1 aromatic rings. The van der Waals surface area contributed by atoms with Crippen LogP contribution in [0, 0.1) is 5.92 Å². The van der Waals surface area contributed by atoms with Crippen LogP contribution in [-0.2, 0) is 20.9 Å². The highest BCUT2D eigenvalue weighted by Gasteiger charge is 2.26. The summed E-state index contributed by atoms with van der Waals surface area (Å²) in [5, 5.41) is 0. The van der Waals surface area contributed by atoms with Crippen LogP contribution >= 0.6 is 0 Å². The van der Waals surface area contributed by atoms with Crippen molar-refractivity contribution in [2.24, 2.45) is 11.8 Å². The number of nitrogens with one attached hydrogen (secondary N) is 1. The molecule has 2 amide bonds. The summed E-state index contributed by atoms with van der Waals surface area (Å²) in [6.07, 6.45) is 2.83. The Labute approximate surface area is 117 Å². The van der Waals surface area contributed by atoms with Gasteiger partial charge in [-0.1, -0.05) is 0 Å². The minimum atomic E-state index is -0.161. The lowest BCUT2D eigenvalue weighted by Crippen LogP contribution is -2.45. The molecule has 1 aliphatic rings. The van der Waals surface area contributed by atoms with E-state index in [1.165, 1.54) is 0 Å². The summed E-state index contributed by atoms with van der Waals surface area (Å²) in [4.78, 5) is 25.0. The summed E-state index contributed by atoms with van der Waals surface area (Å²) in [6, 6.07) is 3.56. The number of rotatable bonds is 5. The minimum absolute atomic E-state index is 0.0223. The fourth-order valence-electron chi connectivity index (χ4n) is 2.23. The number of nitrogens with two attached hydrogens (primary N) is 1. The van der Waals surface area contributed by atoms with E-state index in [0.29, 0.717) is 31.7 Å². The number of hydrazine groups is 1. The lowest BCUT2D eigenvalue weighted by atomic mass is 9.96. The Morgan fingerprint density at radius 2 is 2.20 bits per heavy atom. The van der Waals surface area contributed by atoms with E-state index < -0.39 is 0 Å². The Bertz CT molecular complexity index is 438. The molecular formula is C13H19N3O4. The fraction of sp³-hybridized carbons (Fsp3) is 0.538. The van der Waals surface area contributed by atoms with Crippen LogP contribution in [0.15, 0.2) is 22.8 Å². The number of nitrogens with zero attached hydrogens (tertiary/aromatic N) is 1. The molecule has 3 N–H and O–H groups in total. The molecule has 7 nitrogen and oxygen atoms in total. The first-order valence-corrected chi connectivity index (χ1v) is 6.59. The Morgan fingerprint density at radius 1 is 1.45 bits per heavy atom. The first-order chi connectivity index (χ1) is 9.70. The molecular weight excluding hydrogens is 262 g/mol. The SMILES string of the molecule is NNC(=O)C1CCN(C(=O)COCc2ccco2)CC1. The summed E-state index contributed by atoms with van der Waals surface area (Å²) in [7, 11) is 0. The molecule has 0 saturated carbocycles. The summed E-state index contributed by atoms with van der Waals surface area (Å²) in [5.41, 5.74) is 2.15. The zero-order valence-electron chi connectivity index (χ0n) is 11.2. The predicted molar refractivity (Wildman–Crippen MR) is 70.0 cm³/mol. The smallest absolute Gasteiger partial charge is 0.248 e. The van der Waals surface area contributed by atoms with Gasteiger partial charge in [0, 0.05) is 19.0 Å². The molecule has 0 bridgehead atoms. The highest BCUT2D eigenvalue weighted by molar-refractivity contribution is 5.80. The first-order valence-electron chi connectivity index (χ1n) is 6.59. The van der Waals surface area contributed by atoms with Crippen LogP contribution in [0.2, 0.25) is 0 Å². The number of hydrogen-bond donors (Lipinski definition) is 2. The quantitative estimate of drug-likeness (QED) is 0.450. The summed E-state index contributed by atoms with van der Waals surface area (Å²) in [6.45, 7) is 1.42. The van der Waals surface area contributed by atoms with Gasteiger partial charge in [-0.05, 0) is 25.0 Å². The molecule has 0 aromatic carbocycles. The maximum Gasteiger partial charge on any atom is 0.248 e. The average molecular weight is 281 g/mol. The van der Waals surface area contributed by atoms with Gasteiger partial charge in [-0.3, -0.25) is 15.0 Å². The molecule has 0 spiro atoms.